The molecule has 1 atom stereocenters. The first-order valence-corrected chi connectivity index (χ1v) is 10.5. The number of ether oxygens (including phenoxy) is 1. The van der Waals surface area contributed by atoms with Crippen molar-refractivity contribution in [2.24, 2.45) is 0 Å². The molecule has 0 aliphatic rings. The number of halogens is 1. The van der Waals surface area contributed by atoms with Crippen LogP contribution in [0.1, 0.15) is 30.0 Å². The average Bonchev–Trinajstić information content (AvgIpc) is 3.13. The molecule has 0 radical (unpaired) electrons. The first-order valence-electron chi connectivity index (χ1n) is 9.72. The first-order chi connectivity index (χ1) is 14.9. The zero-order chi connectivity index (χ0) is 22.4. The Kier molecular flexibility index (Phi) is 7.59. The quantitative estimate of drug-likeness (QED) is 0.386. The molecule has 0 saturated heterocycles. The van der Waals surface area contributed by atoms with E-state index >= 15 is 0 Å². The van der Waals surface area contributed by atoms with Crippen LogP contribution in [0.5, 0.6) is 0 Å². The summed E-state index contributed by atoms with van der Waals surface area (Å²) in [6, 6.07) is 14.4. The van der Waals surface area contributed by atoms with Gasteiger partial charge in [-0.3, -0.25) is 19.3 Å². The fourth-order valence-corrected chi connectivity index (χ4v) is 3.67. The summed E-state index contributed by atoms with van der Waals surface area (Å²) in [5, 5.41) is 10.4. The van der Waals surface area contributed by atoms with Crippen molar-refractivity contribution in [2.75, 3.05) is 7.11 Å². The Morgan fingerprint density at radius 2 is 1.94 bits per heavy atom. The highest BCUT2D eigenvalue weighted by Crippen LogP contribution is 2.26. The maximum Gasteiger partial charge on any atom is 0.307 e. The number of nitrogens with zero attached hydrogens (tertiary/aromatic N) is 2. The van der Waals surface area contributed by atoms with Gasteiger partial charge in [0.25, 0.3) is 0 Å². The summed E-state index contributed by atoms with van der Waals surface area (Å²) in [4.78, 5) is 24.6. The second-order valence-corrected chi connectivity index (χ2v) is 7.84. The molecule has 162 valence electrons. The second-order valence-electron chi connectivity index (χ2n) is 7.04. The monoisotopic (exact) mass is 458 g/mol. The number of esters is 1. The van der Waals surface area contributed by atoms with E-state index in [2.05, 4.69) is 15.5 Å². The van der Waals surface area contributed by atoms with Gasteiger partial charge in [0, 0.05) is 23.6 Å². The Balaban J connectivity index is 1.73. The Morgan fingerprint density at radius 3 is 2.61 bits per heavy atom. The summed E-state index contributed by atoms with van der Waals surface area (Å²) in [6.07, 6.45) is 0.126. The van der Waals surface area contributed by atoms with Crippen molar-refractivity contribution in [3.63, 3.8) is 0 Å². The van der Waals surface area contributed by atoms with Crippen LogP contribution >= 0.6 is 23.8 Å². The summed E-state index contributed by atoms with van der Waals surface area (Å²) in [7, 11) is 1.31. The normalized spacial score (nSPS) is 11.7. The van der Waals surface area contributed by atoms with Crippen LogP contribution in [0.2, 0.25) is 5.02 Å². The largest absolute Gasteiger partial charge is 0.469 e. The SMILES string of the molecule is COC(=O)CC(NC(=O)CCn1c(-c2ccc(C)cc2)n[nH]c1=S)c1ccccc1Cl. The van der Waals surface area contributed by atoms with Gasteiger partial charge in [0.15, 0.2) is 10.6 Å². The van der Waals surface area contributed by atoms with E-state index in [4.69, 9.17) is 28.6 Å². The number of amides is 1. The number of nitrogens with one attached hydrogen (secondary N) is 2. The van der Waals surface area contributed by atoms with Gasteiger partial charge in [-0.15, -0.1) is 0 Å². The molecule has 1 heterocycles. The van der Waals surface area contributed by atoms with E-state index in [9.17, 15) is 9.59 Å². The van der Waals surface area contributed by atoms with Crippen molar-refractivity contribution in [3.05, 3.63) is 69.5 Å². The maximum absolute atomic E-state index is 12.7. The van der Waals surface area contributed by atoms with Gasteiger partial charge < -0.3 is 10.1 Å². The number of methoxy groups -OCH3 is 1. The number of hydrogen-bond donors (Lipinski definition) is 2. The van der Waals surface area contributed by atoms with E-state index in [0.717, 1.165) is 11.1 Å². The number of rotatable bonds is 8. The average molecular weight is 459 g/mol. The Morgan fingerprint density at radius 1 is 1.23 bits per heavy atom. The fourth-order valence-electron chi connectivity index (χ4n) is 3.17. The lowest BCUT2D eigenvalue weighted by atomic mass is 10.0. The molecule has 3 aromatic rings. The van der Waals surface area contributed by atoms with Gasteiger partial charge in [-0.2, -0.15) is 5.10 Å². The predicted molar refractivity (Wildman–Crippen MR) is 121 cm³/mol. The van der Waals surface area contributed by atoms with E-state index in [1.165, 1.54) is 7.11 Å². The highest BCUT2D eigenvalue weighted by atomic mass is 35.5. The van der Waals surface area contributed by atoms with Gasteiger partial charge in [0.1, 0.15) is 0 Å². The number of aromatic nitrogens is 3. The highest BCUT2D eigenvalue weighted by Gasteiger charge is 2.21. The minimum absolute atomic E-state index is 0.0221. The summed E-state index contributed by atoms with van der Waals surface area (Å²) in [6.45, 7) is 2.34. The smallest absolute Gasteiger partial charge is 0.307 e. The third-order valence-electron chi connectivity index (χ3n) is 4.84. The summed E-state index contributed by atoms with van der Waals surface area (Å²) >= 11 is 11.6. The predicted octanol–water partition coefficient (Wildman–Crippen LogP) is 4.38. The van der Waals surface area contributed by atoms with Crippen molar-refractivity contribution in [3.8, 4) is 11.4 Å². The van der Waals surface area contributed by atoms with E-state index in [-0.39, 0.29) is 18.7 Å². The fraction of sp³-hybridized carbons (Fsp3) is 0.273. The molecule has 7 nitrogen and oxygen atoms in total. The lowest BCUT2D eigenvalue weighted by molar-refractivity contribution is -0.141. The standard InChI is InChI=1S/C22H23ClN4O3S/c1-14-7-9-15(10-8-14)21-25-26-22(31)27(21)12-11-19(28)24-18(13-20(29)30-2)16-5-3-4-6-17(16)23/h3-10,18H,11-13H2,1-2H3,(H,24,28)(H,26,31). The minimum Gasteiger partial charge on any atom is -0.469 e. The molecule has 1 aromatic heterocycles. The minimum atomic E-state index is -0.595. The summed E-state index contributed by atoms with van der Waals surface area (Å²) in [5.41, 5.74) is 2.70. The van der Waals surface area contributed by atoms with E-state index in [1.54, 1.807) is 28.8 Å². The molecular formula is C22H23ClN4O3S. The maximum atomic E-state index is 12.7. The molecule has 0 spiro atoms. The number of H-pyrrole nitrogens is 1. The van der Waals surface area contributed by atoms with Gasteiger partial charge in [-0.05, 0) is 30.8 Å². The molecule has 0 bridgehead atoms. The third kappa shape index (κ3) is 5.80. The molecule has 31 heavy (non-hydrogen) atoms. The van der Waals surface area contributed by atoms with Crippen LogP contribution in [-0.2, 0) is 20.9 Å². The molecule has 0 aliphatic carbocycles. The highest BCUT2D eigenvalue weighted by molar-refractivity contribution is 7.71. The van der Waals surface area contributed by atoms with Crippen molar-refractivity contribution in [1.82, 2.24) is 20.1 Å². The van der Waals surface area contributed by atoms with E-state index in [1.807, 2.05) is 31.2 Å². The van der Waals surface area contributed by atoms with Gasteiger partial charge in [0.2, 0.25) is 5.91 Å². The molecule has 0 fully saturated rings. The number of carbonyl (C=O) groups excluding carboxylic acids is 2. The van der Waals surface area contributed by atoms with Gasteiger partial charge in [-0.25, -0.2) is 0 Å². The lowest BCUT2D eigenvalue weighted by Gasteiger charge is -2.19. The van der Waals surface area contributed by atoms with Crippen molar-refractivity contribution < 1.29 is 14.3 Å². The number of hydrogen-bond acceptors (Lipinski definition) is 5. The zero-order valence-corrected chi connectivity index (χ0v) is 18.8. The van der Waals surface area contributed by atoms with Gasteiger partial charge >= 0.3 is 5.97 Å². The van der Waals surface area contributed by atoms with Gasteiger partial charge in [0.05, 0.1) is 19.6 Å². The molecule has 1 unspecified atom stereocenters. The molecule has 3 rings (SSSR count). The summed E-state index contributed by atoms with van der Waals surface area (Å²) < 4.78 is 6.98. The van der Waals surface area contributed by atoms with Crippen LogP contribution in [0.4, 0.5) is 0 Å². The Bertz CT molecular complexity index is 1120. The number of carbonyl (C=O) groups is 2. The van der Waals surface area contributed by atoms with Crippen molar-refractivity contribution in [1.29, 1.82) is 0 Å². The van der Waals surface area contributed by atoms with Crippen molar-refractivity contribution >= 4 is 35.7 Å². The molecule has 0 saturated carbocycles. The van der Waals surface area contributed by atoms with Crippen LogP contribution in [0.25, 0.3) is 11.4 Å². The number of benzene rings is 2. The molecular weight excluding hydrogens is 436 g/mol. The molecule has 9 heteroatoms. The van der Waals surface area contributed by atoms with E-state index < -0.39 is 12.0 Å². The number of aryl methyl sites for hydroxylation is 1. The van der Waals surface area contributed by atoms with Crippen LogP contribution in [-0.4, -0.2) is 33.8 Å². The second kappa shape index (κ2) is 10.4. The Labute approximate surface area is 190 Å². The first kappa shape index (κ1) is 22.7. The van der Waals surface area contributed by atoms with Crippen LogP contribution in [0.15, 0.2) is 48.5 Å². The lowest BCUT2D eigenvalue weighted by Crippen LogP contribution is -2.31. The van der Waals surface area contributed by atoms with Crippen molar-refractivity contribution in [2.45, 2.75) is 32.4 Å². The Hall–Kier alpha value is -2.97. The van der Waals surface area contributed by atoms with Crippen LogP contribution in [0.3, 0.4) is 0 Å². The third-order valence-corrected chi connectivity index (χ3v) is 5.50. The molecule has 2 aromatic carbocycles. The molecule has 2 N–H and O–H groups in total. The molecule has 0 aliphatic heterocycles. The van der Waals surface area contributed by atoms with Gasteiger partial charge in [-0.1, -0.05) is 59.6 Å². The zero-order valence-electron chi connectivity index (χ0n) is 17.2. The number of aromatic amines is 1. The topological polar surface area (TPSA) is 89.0 Å². The van der Waals surface area contributed by atoms with Crippen LogP contribution < -0.4 is 5.32 Å². The van der Waals surface area contributed by atoms with Crippen LogP contribution in [0, 0.1) is 11.7 Å². The summed E-state index contributed by atoms with van der Waals surface area (Å²) in [5.74, 6) is -0.0225. The van der Waals surface area contributed by atoms with E-state index in [0.29, 0.717) is 27.7 Å². The molecule has 1 amide bonds.